The highest BCUT2D eigenvalue weighted by molar-refractivity contribution is 5.79. The molecule has 0 saturated carbocycles. The number of rotatable bonds is 1. The third-order valence-electron chi connectivity index (χ3n) is 1.95. The Morgan fingerprint density at radius 1 is 1.25 bits per heavy atom. The van der Waals surface area contributed by atoms with Gasteiger partial charge in [-0.2, -0.15) is 0 Å². The van der Waals surface area contributed by atoms with Crippen molar-refractivity contribution in [3.63, 3.8) is 0 Å². The van der Waals surface area contributed by atoms with Crippen molar-refractivity contribution in [2.75, 3.05) is 0 Å². The summed E-state index contributed by atoms with van der Waals surface area (Å²) in [5, 5.41) is 5.15. The molecule has 0 N–H and O–H groups in total. The summed E-state index contributed by atoms with van der Waals surface area (Å²) >= 11 is 0. The van der Waals surface area contributed by atoms with Crippen molar-refractivity contribution in [1.82, 2.24) is 5.16 Å². The topological polar surface area (TPSA) is 26.0 Å². The van der Waals surface area contributed by atoms with Crippen LogP contribution in [0.1, 0.15) is 25.5 Å². The van der Waals surface area contributed by atoms with E-state index in [2.05, 4.69) is 19.0 Å². The average molecular weight is 161 g/mol. The number of hydrogen-bond donors (Lipinski definition) is 0. The van der Waals surface area contributed by atoms with Crippen LogP contribution in [0.25, 0.3) is 11.0 Å². The van der Waals surface area contributed by atoms with Crippen LogP contribution in [0, 0.1) is 0 Å². The second-order valence-corrected chi connectivity index (χ2v) is 3.22. The fraction of sp³-hybridized carbons (Fsp3) is 0.300. The molecular weight excluding hydrogens is 150 g/mol. The van der Waals surface area contributed by atoms with E-state index in [1.54, 1.807) is 0 Å². The normalized spacial score (nSPS) is 11.2. The van der Waals surface area contributed by atoms with E-state index >= 15 is 0 Å². The summed E-state index contributed by atoms with van der Waals surface area (Å²) in [6, 6.07) is 7.94. The zero-order valence-corrected chi connectivity index (χ0v) is 7.24. The molecule has 0 radical (unpaired) electrons. The first-order valence-corrected chi connectivity index (χ1v) is 4.13. The van der Waals surface area contributed by atoms with Gasteiger partial charge in [-0.05, 0) is 18.1 Å². The summed E-state index contributed by atoms with van der Waals surface area (Å²) in [6.45, 7) is 4.23. The summed E-state index contributed by atoms with van der Waals surface area (Å²) in [4.78, 5) is 0. The highest BCUT2D eigenvalue weighted by Crippen LogP contribution is 2.23. The maximum atomic E-state index is 5.16. The SMILES string of the molecule is CC(C)c1noc2ccccc12. The molecule has 2 nitrogen and oxygen atoms in total. The molecule has 0 aliphatic rings. The van der Waals surface area contributed by atoms with Gasteiger partial charge in [0.1, 0.15) is 0 Å². The van der Waals surface area contributed by atoms with Crippen LogP contribution < -0.4 is 0 Å². The van der Waals surface area contributed by atoms with Crippen LogP contribution in [0.5, 0.6) is 0 Å². The van der Waals surface area contributed by atoms with E-state index in [0.29, 0.717) is 5.92 Å². The van der Waals surface area contributed by atoms with Crippen molar-refractivity contribution >= 4 is 11.0 Å². The molecule has 1 heterocycles. The molecule has 12 heavy (non-hydrogen) atoms. The number of hydrogen-bond acceptors (Lipinski definition) is 2. The summed E-state index contributed by atoms with van der Waals surface area (Å²) in [7, 11) is 0. The van der Waals surface area contributed by atoms with Crippen molar-refractivity contribution in [3.05, 3.63) is 30.0 Å². The second-order valence-electron chi connectivity index (χ2n) is 3.22. The van der Waals surface area contributed by atoms with Gasteiger partial charge in [0.15, 0.2) is 5.58 Å². The zero-order valence-electron chi connectivity index (χ0n) is 7.24. The maximum Gasteiger partial charge on any atom is 0.167 e. The van der Waals surface area contributed by atoms with E-state index in [9.17, 15) is 0 Å². The molecule has 2 heteroatoms. The molecule has 62 valence electrons. The van der Waals surface area contributed by atoms with Crippen molar-refractivity contribution < 1.29 is 4.52 Å². The van der Waals surface area contributed by atoms with Crippen LogP contribution in [0.4, 0.5) is 0 Å². The van der Waals surface area contributed by atoms with Gasteiger partial charge in [-0.25, -0.2) is 0 Å². The molecule has 1 aromatic heterocycles. The van der Waals surface area contributed by atoms with Crippen LogP contribution in [0.2, 0.25) is 0 Å². The van der Waals surface area contributed by atoms with Gasteiger partial charge in [0.2, 0.25) is 0 Å². The van der Waals surface area contributed by atoms with E-state index < -0.39 is 0 Å². The second kappa shape index (κ2) is 2.63. The minimum Gasteiger partial charge on any atom is -0.356 e. The van der Waals surface area contributed by atoms with Crippen LogP contribution in [-0.2, 0) is 0 Å². The Kier molecular flexibility index (Phi) is 1.61. The molecule has 0 fully saturated rings. The van der Waals surface area contributed by atoms with Crippen molar-refractivity contribution in [2.24, 2.45) is 0 Å². The van der Waals surface area contributed by atoms with Gasteiger partial charge in [0, 0.05) is 5.39 Å². The minimum atomic E-state index is 0.425. The predicted molar refractivity (Wildman–Crippen MR) is 48.1 cm³/mol. The Balaban J connectivity index is 2.70. The van der Waals surface area contributed by atoms with Crippen LogP contribution in [0.15, 0.2) is 28.8 Å². The quantitative estimate of drug-likeness (QED) is 0.642. The molecular formula is C10H11NO. The third kappa shape index (κ3) is 0.998. The molecule has 0 aliphatic carbocycles. The lowest BCUT2D eigenvalue weighted by molar-refractivity contribution is 0.441. The Bertz CT molecular complexity index is 389. The molecule has 2 rings (SSSR count). The molecule has 0 bridgehead atoms. The summed E-state index contributed by atoms with van der Waals surface area (Å²) < 4.78 is 5.16. The summed E-state index contributed by atoms with van der Waals surface area (Å²) in [5.74, 6) is 0.425. The van der Waals surface area contributed by atoms with Crippen LogP contribution >= 0.6 is 0 Å². The molecule has 0 aliphatic heterocycles. The number of para-hydroxylation sites is 1. The van der Waals surface area contributed by atoms with Gasteiger partial charge in [0.25, 0.3) is 0 Å². The number of benzene rings is 1. The van der Waals surface area contributed by atoms with E-state index in [1.807, 2.05) is 24.3 Å². The van der Waals surface area contributed by atoms with Crippen molar-refractivity contribution in [2.45, 2.75) is 19.8 Å². The number of nitrogens with zero attached hydrogens (tertiary/aromatic N) is 1. The first-order valence-electron chi connectivity index (χ1n) is 4.13. The Hall–Kier alpha value is -1.31. The molecule has 0 amide bonds. The molecule has 0 saturated heterocycles. The summed E-state index contributed by atoms with van der Waals surface area (Å²) in [6.07, 6.45) is 0. The average Bonchev–Trinajstić information content (AvgIpc) is 2.47. The van der Waals surface area contributed by atoms with Crippen molar-refractivity contribution in [1.29, 1.82) is 0 Å². The predicted octanol–water partition coefficient (Wildman–Crippen LogP) is 2.95. The smallest absolute Gasteiger partial charge is 0.167 e. The van der Waals surface area contributed by atoms with Crippen LogP contribution in [-0.4, -0.2) is 5.16 Å². The standard InChI is InChI=1S/C10H11NO/c1-7(2)10-8-5-3-4-6-9(8)12-11-10/h3-7H,1-2H3. The molecule has 1 aromatic carbocycles. The first kappa shape index (κ1) is 7.35. The fourth-order valence-electron chi connectivity index (χ4n) is 1.32. The first-order chi connectivity index (χ1) is 5.79. The van der Waals surface area contributed by atoms with E-state index in [1.165, 1.54) is 0 Å². The number of fused-ring (bicyclic) bond motifs is 1. The van der Waals surface area contributed by atoms with Gasteiger partial charge in [-0.1, -0.05) is 31.1 Å². The van der Waals surface area contributed by atoms with Gasteiger partial charge >= 0.3 is 0 Å². The van der Waals surface area contributed by atoms with Crippen molar-refractivity contribution in [3.8, 4) is 0 Å². The largest absolute Gasteiger partial charge is 0.356 e. The monoisotopic (exact) mass is 161 g/mol. The Labute approximate surface area is 71.2 Å². The lowest BCUT2D eigenvalue weighted by Crippen LogP contribution is -1.86. The summed E-state index contributed by atoms with van der Waals surface area (Å²) in [5.41, 5.74) is 1.92. The highest BCUT2D eigenvalue weighted by atomic mass is 16.5. The lowest BCUT2D eigenvalue weighted by atomic mass is 10.1. The maximum absolute atomic E-state index is 5.16. The van der Waals surface area contributed by atoms with Gasteiger partial charge in [0.05, 0.1) is 5.69 Å². The molecule has 0 atom stereocenters. The zero-order chi connectivity index (χ0) is 8.55. The van der Waals surface area contributed by atoms with E-state index in [-0.39, 0.29) is 0 Å². The molecule has 0 unspecified atom stereocenters. The Morgan fingerprint density at radius 2 is 2.00 bits per heavy atom. The van der Waals surface area contributed by atoms with Crippen LogP contribution in [0.3, 0.4) is 0 Å². The van der Waals surface area contributed by atoms with Gasteiger partial charge < -0.3 is 4.52 Å². The molecule has 2 aromatic rings. The lowest BCUT2D eigenvalue weighted by Gasteiger charge is -1.96. The highest BCUT2D eigenvalue weighted by Gasteiger charge is 2.09. The number of aromatic nitrogens is 1. The molecule has 0 spiro atoms. The Morgan fingerprint density at radius 3 is 2.75 bits per heavy atom. The van der Waals surface area contributed by atoms with Gasteiger partial charge in [-0.15, -0.1) is 0 Å². The minimum absolute atomic E-state index is 0.425. The van der Waals surface area contributed by atoms with E-state index in [0.717, 1.165) is 16.7 Å². The van der Waals surface area contributed by atoms with E-state index in [4.69, 9.17) is 4.52 Å². The third-order valence-corrected chi connectivity index (χ3v) is 1.95. The van der Waals surface area contributed by atoms with Gasteiger partial charge in [-0.3, -0.25) is 0 Å². The fourth-order valence-corrected chi connectivity index (χ4v) is 1.32.